The van der Waals surface area contributed by atoms with Crippen LogP contribution in [-0.4, -0.2) is 20.4 Å². The number of carbonyl (C=O) groups excluding carboxylic acids is 1. The average Bonchev–Trinajstić information content (AvgIpc) is 2.81. The van der Waals surface area contributed by atoms with Gasteiger partial charge in [0.2, 0.25) is 0 Å². The summed E-state index contributed by atoms with van der Waals surface area (Å²) in [4.78, 5) is 16.4. The molecular formula is C15H13N3O2. The normalized spacial score (nSPS) is 10.7. The first-order chi connectivity index (χ1) is 9.61. The molecule has 0 radical (unpaired) electrons. The van der Waals surface area contributed by atoms with Crippen LogP contribution in [0.1, 0.15) is 16.1 Å². The fraction of sp³-hybridized carbons (Fsp3) is 0.0667. The van der Waals surface area contributed by atoms with Gasteiger partial charge in [-0.05, 0) is 30.7 Å². The summed E-state index contributed by atoms with van der Waals surface area (Å²) in [5.74, 6) is -0.203. The van der Waals surface area contributed by atoms with Gasteiger partial charge in [-0.3, -0.25) is 4.79 Å². The predicted octanol–water partition coefficient (Wildman–Crippen LogP) is 2.60. The van der Waals surface area contributed by atoms with E-state index in [1.165, 1.54) is 6.07 Å². The molecule has 0 saturated heterocycles. The standard InChI is InChI=1S/C15H13N3O2/c1-10-5-6-14-17-13(9-18(14)8-10)15(20)16-11-3-2-4-12(19)7-11/h2-9,19H,1H3,(H,16,20). The molecule has 20 heavy (non-hydrogen) atoms. The number of aromatic hydroxyl groups is 1. The van der Waals surface area contributed by atoms with Gasteiger partial charge in [0.05, 0.1) is 0 Å². The van der Waals surface area contributed by atoms with Gasteiger partial charge in [0.15, 0.2) is 0 Å². The Morgan fingerprint density at radius 2 is 2.10 bits per heavy atom. The number of phenols is 1. The number of rotatable bonds is 2. The van der Waals surface area contributed by atoms with Gasteiger partial charge in [-0.1, -0.05) is 12.1 Å². The molecular weight excluding hydrogens is 254 g/mol. The SMILES string of the molecule is Cc1ccc2nc(C(=O)Nc3cccc(O)c3)cn2c1. The van der Waals surface area contributed by atoms with Gasteiger partial charge in [0, 0.05) is 24.1 Å². The maximum Gasteiger partial charge on any atom is 0.275 e. The van der Waals surface area contributed by atoms with Crippen LogP contribution in [0.4, 0.5) is 5.69 Å². The Labute approximate surface area is 115 Å². The molecule has 1 aromatic carbocycles. The van der Waals surface area contributed by atoms with E-state index in [-0.39, 0.29) is 11.7 Å². The molecule has 3 aromatic rings. The molecule has 0 bridgehead atoms. The van der Waals surface area contributed by atoms with Gasteiger partial charge in [0.25, 0.3) is 5.91 Å². The first kappa shape index (κ1) is 12.2. The van der Waals surface area contributed by atoms with E-state index >= 15 is 0 Å². The van der Waals surface area contributed by atoms with Crippen molar-refractivity contribution in [3.8, 4) is 5.75 Å². The lowest BCUT2D eigenvalue weighted by Crippen LogP contribution is -2.12. The number of phenolic OH excluding ortho intramolecular Hbond substituents is 1. The minimum Gasteiger partial charge on any atom is -0.508 e. The van der Waals surface area contributed by atoms with Crippen molar-refractivity contribution in [2.75, 3.05) is 5.32 Å². The highest BCUT2D eigenvalue weighted by Gasteiger charge is 2.11. The van der Waals surface area contributed by atoms with Crippen molar-refractivity contribution >= 4 is 17.2 Å². The van der Waals surface area contributed by atoms with Crippen LogP contribution < -0.4 is 5.32 Å². The number of nitrogens with one attached hydrogen (secondary N) is 1. The number of benzene rings is 1. The topological polar surface area (TPSA) is 66.6 Å². The number of fused-ring (bicyclic) bond motifs is 1. The van der Waals surface area contributed by atoms with Crippen LogP contribution in [-0.2, 0) is 0 Å². The third-order valence-electron chi connectivity index (χ3n) is 2.94. The molecule has 2 N–H and O–H groups in total. The van der Waals surface area contributed by atoms with Gasteiger partial charge < -0.3 is 14.8 Å². The highest BCUT2D eigenvalue weighted by Crippen LogP contribution is 2.16. The summed E-state index contributed by atoms with van der Waals surface area (Å²) in [6.07, 6.45) is 3.59. The smallest absolute Gasteiger partial charge is 0.275 e. The van der Waals surface area contributed by atoms with Crippen LogP contribution in [0.3, 0.4) is 0 Å². The molecule has 1 amide bonds. The molecule has 0 spiro atoms. The molecule has 0 aliphatic rings. The molecule has 5 heteroatoms. The second kappa shape index (κ2) is 4.70. The number of pyridine rings is 1. The van der Waals surface area contributed by atoms with Gasteiger partial charge >= 0.3 is 0 Å². The lowest BCUT2D eigenvalue weighted by Gasteiger charge is -2.02. The number of imidazole rings is 1. The second-order valence-corrected chi connectivity index (χ2v) is 4.60. The Hall–Kier alpha value is -2.82. The van der Waals surface area contributed by atoms with Crippen molar-refractivity contribution in [3.63, 3.8) is 0 Å². The van der Waals surface area contributed by atoms with Gasteiger partial charge in [-0.15, -0.1) is 0 Å². The van der Waals surface area contributed by atoms with Crippen molar-refractivity contribution in [2.24, 2.45) is 0 Å². The summed E-state index contributed by atoms with van der Waals surface area (Å²) in [6, 6.07) is 10.2. The number of carbonyl (C=O) groups is 1. The Morgan fingerprint density at radius 1 is 1.25 bits per heavy atom. The number of aryl methyl sites for hydroxylation is 1. The molecule has 5 nitrogen and oxygen atoms in total. The Kier molecular flexibility index (Phi) is 2.87. The highest BCUT2D eigenvalue weighted by atomic mass is 16.3. The maximum absolute atomic E-state index is 12.1. The Bertz CT molecular complexity index is 793. The lowest BCUT2D eigenvalue weighted by atomic mass is 10.3. The van der Waals surface area contributed by atoms with Crippen molar-refractivity contribution < 1.29 is 9.90 Å². The van der Waals surface area contributed by atoms with Crippen molar-refractivity contribution in [1.82, 2.24) is 9.38 Å². The van der Waals surface area contributed by atoms with E-state index in [4.69, 9.17) is 0 Å². The lowest BCUT2D eigenvalue weighted by molar-refractivity contribution is 0.102. The summed E-state index contributed by atoms with van der Waals surface area (Å²) >= 11 is 0. The first-order valence-corrected chi connectivity index (χ1v) is 6.17. The van der Waals surface area contributed by atoms with E-state index in [2.05, 4.69) is 10.3 Å². The predicted molar refractivity (Wildman–Crippen MR) is 76.0 cm³/mol. The summed E-state index contributed by atoms with van der Waals surface area (Å²) in [6.45, 7) is 1.98. The van der Waals surface area contributed by atoms with Gasteiger partial charge in [-0.25, -0.2) is 4.98 Å². The minimum absolute atomic E-state index is 0.105. The fourth-order valence-electron chi connectivity index (χ4n) is 1.99. The minimum atomic E-state index is -0.308. The summed E-state index contributed by atoms with van der Waals surface area (Å²) < 4.78 is 1.81. The molecule has 0 aliphatic carbocycles. The number of nitrogens with zero attached hydrogens (tertiary/aromatic N) is 2. The van der Waals surface area contributed by atoms with Crippen LogP contribution >= 0.6 is 0 Å². The van der Waals surface area contributed by atoms with Crippen LogP contribution in [0.15, 0.2) is 48.8 Å². The zero-order chi connectivity index (χ0) is 14.1. The van der Waals surface area contributed by atoms with E-state index in [1.807, 2.05) is 29.7 Å². The molecule has 100 valence electrons. The molecule has 0 atom stereocenters. The monoisotopic (exact) mass is 267 g/mol. The zero-order valence-electron chi connectivity index (χ0n) is 10.9. The summed E-state index contributed by atoms with van der Waals surface area (Å²) in [7, 11) is 0. The quantitative estimate of drug-likeness (QED) is 0.750. The number of hydrogen-bond donors (Lipinski definition) is 2. The molecule has 0 fully saturated rings. The summed E-state index contributed by atoms with van der Waals surface area (Å²) in [5.41, 5.74) is 2.67. The number of amides is 1. The third kappa shape index (κ3) is 2.33. The van der Waals surface area contributed by atoms with E-state index < -0.39 is 0 Å². The largest absolute Gasteiger partial charge is 0.508 e. The van der Waals surface area contributed by atoms with E-state index in [9.17, 15) is 9.90 Å². The molecule has 3 rings (SSSR count). The third-order valence-corrected chi connectivity index (χ3v) is 2.94. The maximum atomic E-state index is 12.1. The number of anilines is 1. The number of hydrogen-bond acceptors (Lipinski definition) is 3. The van der Waals surface area contributed by atoms with Gasteiger partial charge in [-0.2, -0.15) is 0 Å². The van der Waals surface area contributed by atoms with Crippen molar-refractivity contribution in [1.29, 1.82) is 0 Å². The fourth-order valence-corrected chi connectivity index (χ4v) is 1.99. The molecule has 0 saturated carbocycles. The van der Waals surface area contributed by atoms with Crippen molar-refractivity contribution in [2.45, 2.75) is 6.92 Å². The molecule has 0 aliphatic heterocycles. The van der Waals surface area contributed by atoms with Crippen LogP contribution in [0.25, 0.3) is 5.65 Å². The average molecular weight is 267 g/mol. The second-order valence-electron chi connectivity index (χ2n) is 4.60. The van der Waals surface area contributed by atoms with Crippen LogP contribution in [0.5, 0.6) is 5.75 Å². The molecule has 2 aromatic heterocycles. The van der Waals surface area contributed by atoms with E-state index in [0.717, 1.165) is 11.2 Å². The van der Waals surface area contributed by atoms with Gasteiger partial charge in [0.1, 0.15) is 17.1 Å². The first-order valence-electron chi connectivity index (χ1n) is 6.17. The summed E-state index contributed by atoms with van der Waals surface area (Å²) in [5, 5.41) is 12.1. The molecule has 2 heterocycles. The van der Waals surface area contributed by atoms with Crippen LogP contribution in [0.2, 0.25) is 0 Å². The Morgan fingerprint density at radius 3 is 2.90 bits per heavy atom. The van der Waals surface area contributed by atoms with E-state index in [0.29, 0.717) is 11.4 Å². The van der Waals surface area contributed by atoms with Crippen molar-refractivity contribution in [3.05, 3.63) is 60.0 Å². The Balaban J connectivity index is 1.88. The van der Waals surface area contributed by atoms with Crippen LogP contribution in [0, 0.1) is 6.92 Å². The zero-order valence-corrected chi connectivity index (χ0v) is 10.9. The number of aromatic nitrogens is 2. The highest BCUT2D eigenvalue weighted by molar-refractivity contribution is 6.03. The van der Waals surface area contributed by atoms with E-state index in [1.54, 1.807) is 24.4 Å². The molecule has 0 unspecified atom stereocenters.